The molecule has 2 aromatic heterocycles. The van der Waals surface area contributed by atoms with Crippen molar-refractivity contribution in [2.45, 2.75) is 0 Å². The molecule has 0 bridgehead atoms. The number of H-pyrrole nitrogens is 1. The van der Waals surface area contributed by atoms with Crippen molar-refractivity contribution in [3.05, 3.63) is 42.3 Å². The molecule has 5 N–H and O–H groups in total. The maximum Gasteiger partial charge on any atom is 0.105 e. The van der Waals surface area contributed by atoms with Gasteiger partial charge in [0.2, 0.25) is 0 Å². The van der Waals surface area contributed by atoms with Crippen molar-refractivity contribution in [3.8, 4) is 11.3 Å². The molecule has 2 heterocycles. The van der Waals surface area contributed by atoms with E-state index in [4.69, 9.17) is 11.5 Å². The van der Waals surface area contributed by atoms with Crippen molar-refractivity contribution in [2.24, 2.45) is 16.5 Å². The predicted molar refractivity (Wildman–Crippen MR) is 79.4 cm³/mol. The van der Waals surface area contributed by atoms with Crippen LogP contribution in [0.4, 0.5) is 0 Å². The van der Waals surface area contributed by atoms with E-state index in [1.807, 2.05) is 0 Å². The first kappa shape index (κ1) is 13.5. The molecule has 2 aromatic rings. The van der Waals surface area contributed by atoms with E-state index in [1.165, 1.54) is 6.20 Å². The van der Waals surface area contributed by atoms with Gasteiger partial charge in [-0.1, -0.05) is 0 Å². The van der Waals surface area contributed by atoms with Crippen LogP contribution >= 0.6 is 0 Å². The smallest absolute Gasteiger partial charge is 0.105 e. The van der Waals surface area contributed by atoms with Gasteiger partial charge in [-0.05, 0) is 18.4 Å². The number of hydrogen-bond acceptors (Lipinski definition) is 6. The van der Waals surface area contributed by atoms with E-state index in [2.05, 4.69) is 25.2 Å². The van der Waals surface area contributed by atoms with Crippen molar-refractivity contribution in [2.75, 3.05) is 7.05 Å². The van der Waals surface area contributed by atoms with Gasteiger partial charge in [0, 0.05) is 25.0 Å². The summed E-state index contributed by atoms with van der Waals surface area (Å²) in [6, 6.07) is 0. The van der Waals surface area contributed by atoms with Crippen molar-refractivity contribution in [1.29, 1.82) is 0 Å². The number of aromatic nitrogens is 4. The van der Waals surface area contributed by atoms with Crippen molar-refractivity contribution in [1.82, 2.24) is 20.2 Å². The average molecular weight is 269 g/mol. The summed E-state index contributed by atoms with van der Waals surface area (Å²) in [7, 11) is 1.67. The molecule has 0 radical (unpaired) electrons. The Balaban J connectivity index is 2.52. The van der Waals surface area contributed by atoms with Gasteiger partial charge in [0.15, 0.2) is 0 Å². The quantitative estimate of drug-likeness (QED) is 0.709. The number of hydrogen-bond donors (Lipinski definition) is 3. The highest BCUT2D eigenvalue weighted by Crippen LogP contribution is 2.21. The third-order valence-electron chi connectivity index (χ3n) is 2.53. The molecule has 0 saturated carbocycles. The van der Waals surface area contributed by atoms with Gasteiger partial charge >= 0.3 is 0 Å². The Kier molecular flexibility index (Phi) is 4.23. The van der Waals surface area contributed by atoms with E-state index in [0.29, 0.717) is 22.8 Å². The zero-order valence-corrected chi connectivity index (χ0v) is 11.0. The second-order valence-corrected chi connectivity index (χ2v) is 3.86. The van der Waals surface area contributed by atoms with Gasteiger partial charge in [0.1, 0.15) is 5.69 Å². The SMILES string of the molecule is CN=C/C=C(\N)c1cnc(/C=C\N)c(-c2cn[nH]c2)n1. The molecule has 2 rings (SSSR count). The lowest BCUT2D eigenvalue weighted by Gasteiger charge is -2.06. The molecule has 0 aliphatic rings. The van der Waals surface area contributed by atoms with Crippen LogP contribution in [0.25, 0.3) is 23.0 Å². The minimum absolute atomic E-state index is 0.483. The molecule has 0 atom stereocenters. The van der Waals surface area contributed by atoms with Gasteiger partial charge in [-0.25, -0.2) is 4.98 Å². The summed E-state index contributed by atoms with van der Waals surface area (Å²) in [6.45, 7) is 0. The first-order valence-corrected chi connectivity index (χ1v) is 5.89. The molecule has 7 heteroatoms. The molecule has 7 nitrogen and oxygen atoms in total. The number of nitrogens with zero attached hydrogens (tertiary/aromatic N) is 4. The Bertz CT molecular complexity index is 653. The molecule has 0 spiro atoms. The number of rotatable bonds is 4. The number of nitrogens with one attached hydrogen (secondary N) is 1. The third kappa shape index (κ3) is 2.89. The van der Waals surface area contributed by atoms with Gasteiger partial charge < -0.3 is 11.5 Å². The lowest BCUT2D eigenvalue weighted by molar-refractivity contribution is 1.09. The van der Waals surface area contributed by atoms with Gasteiger partial charge in [-0.3, -0.25) is 15.1 Å². The second kappa shape index (κ2) is 6.28. The van der Waals surface area contributed by atoms with Gasteiger partial charge in [0.25, 0.3) is 0 Å². The maximum atomic E-state index is 5.93. The summed E-state index contributed by atoms with van der Waals surface area (Å²) in [4.78, 5) is 12.7. The molecule has 20 heavy (non-hydrogen) atoms. The molecule has 102 valence electrons. The highest BCUT2D eigenvalue weighted by molar-refractivity contribution is 5.83. The molecule has 0 unspecified atom stereocenters. The molecule has 0 aromatic carbocycles. The van der Waals surface area contributed by atoms with Gasteiger partial charge in [0.05, 0.1) is 29.5 Å². The molecular weight excluding hydrogens is 254 g/mol. The summed E-state index contributed by atoms with van der Waals surface area (Å²) in [6.07, 6.45) is 11.3. The first-order chi connectivity index (χ1) is 9.76. The Morgan fingerprint density at radius 2 is 2.25 bits per heavy atom. The van der Waals surface area contributed by atoms with Gasteiger partial charge in [-0.2, -0.15) is 5.10 Å². The number of allylic oxidation sites excluding steroid dienone is 1. The minimum atomic E-state index is 0.483. The van der Waals surface area contributed by atoms with E-state index >= 15 is 0 Å². The highest BCUT2D eigenvalue weighted by atomic mass is 15.1. The Hall–Kier alpha value is -2.96. The normalized spacial score (nSPS) is 12.6. The van der Waals surface area contributed by atoms with Crippen molar-refractivity contribution in [3.63, 3.8) is 0 Å². The Morgan fingerprint density at radius 1 is 1.40 bits per heavy atom. The van der Waals surface area contributed by atoms with E-state index in [-0.39, 0.29) is 0 Å². The topological polar surface area (TPSA) is 119 Å². The minimum Gasteiger partial charge on any atom is -0.405 e. The summed E-state index contributed by atoms with van der Waals surface area (Å²) >= 11 is 0. The van der Waals surface area contributed by atoms with Crippen LogP contribution in [0, 0.1) is 0 Å². The fourth-order valence-electron chi connectivity index (χ4n) is 1.58. The monoisotopic (exact) mass is 269 g/mol. The third-order valence-corrected chi connectivity index (χ3v) is 2.53. The van der Waals surface area contributed by atoms with Crippen LogP contribution in [0.15, 0.2) is 35.9 Å². The number of nitrogens with two attached hydrogens (primary N) is 2. The molecule has 0 aliphatic heterocycles. The van der Waals surface area contributed by atoms with Crippen LogP contribution in [0.2, 0.25) is 0 Å². The number of aliphatic imine (C=N–C) groups is 1. The zero-order chi connectivity index (χ0) is 14.4. The van der Waals surface area contributed by atoms with E-state index in [1.54, 1.807) is 44.0 Å². The van der Waals surface area contributed by atoms with E-state index < -0.39 is 0 Å². The standard InChI is InChI=1S/C13H15N7/c1-16-5-3-10(15)12-8-17-11(2-4-14)13(20-12)9-6-18-19-7-9/h2-8H,14-15H2,1H3,(H,18,19)/b4-2-,10-3-,16-5?. The van der Waals surface area contributed by atoms with Crippen LogP contribution in [-0.4, -0.2) is 33.4 Å². The molecular formula is C13H15N7. The summed E-state index contributed by atoms with van der Waals surface area (Å²) in [5.74, 6) is 0. The van der Waals surface area contributed by atoms with E-state index in [0.717, 1.165) is 5.56 Å². The fraction of sp³-hybridized carbons (Fsp3) is 0.0769. The van der Waals surface area contributed by atoms with Crippen molar-refractivity contribution >= 4 is 18.0 Å². The molecule has 0 saturated heterocycles. The summed E-state index contributed by atoms with van der Waals surface area (Å²) < 4.78 is 0. The second-order valence-electron chi connectivity index (χ2n) is 3.86. The fourth-order valence-corrected chi connectivity index (χ4v) is 1.58. The Labute approximate surface area is 116 Å². The molecule has 0 fully saturated rings. The van der Waals surface area contributed by atoms with Crippen LogP contribution in [0.1, 0.15) is 11.4 Å². The molecule has 0 aliphatic carbocycles. The van der Waals surface area contributed by atoms with Crippen LogP contribution in [-0.2, 0) is 0 Å². The van der Waals surface area contributed by atoms with Crippen LogP contribution in [0.5, 0.6) is 0 Å². The summed E-state index contributed by atoms with van der Waals surface area (Å²) in [5, 5.41) is 6.65. The van der Waals surface area contributed by atoms with Gasteiger partial charge in [-0.15, -0.1) is 0 Å². The van der Waals surface area contributed by atoms with E-state index in [9.17, 15) is 0 Å². The zero-order valence-electron chi connectivity index (χ0n) is 11.0. The highest BCUT2D eigenvalue weighted by Gasteiger charge is 2.10. The lowest BCUT2D eigenvalue weighted by Crippen LogP contribution is -2.03. The lowest BCUT2D eigenvalue weighted by atomic mass is 10.1. The van der Waals surface area contributed by atoms with Crippen LogP contribution in [0.3, 0.4) is 0 Å². The Morgan fingerprint density at radius 3 is 2.90 bits per heavy atom. The average Bonchev–Trinajstić information content (AvgIpc) is 2.99. The number of aromatic amines is 1. The first-order valence-electron chi connectivity index (χ1n) is 5.89. The van der Waals surface area contributed by atoms with Crippen molar-refractivity contribution < 1.29 is 0 Å². The predicted octanol–water partition coefficient (Wildman–Crippen LogP) is 0.796. The van der Waals surface area contributed by atoms with Crippen LogP contribution < -0.4 is 11.5 Å². The molecule has 0 amide bonds. The maximum absolute atomic E-state index is 5.93. The summed E-state index contributed by atoms with van der Waals surface area (Å²) in [5.41, 5.74) is 14.5. The largest absolute Gasteiger partial charge is 0.405 e.